The number of hydrogen-bond acceptors (Lipinski definition) is 3. The van der Waals surface area contributed by atoms with Gasteiger partial charge >= 0.3 is 0 Å². The van der Waals surface area contributed by atoms with Crippen LogP contribution < -0.4 is 16.0 Å². The van der Waals surface area contributed by atoms with E-state index < -0.39 is 5.41 Å². The first-order chi connectivity index (χ1) is 10.7. The lowest BCUT2D eigenvalue weighted by atomic mass is 9.96. The predicted octanol–water partition coefficient (Wildman–Crippen LogP) is 1.35. The molecular formula is C16H22ClN3O3. The number of carbonyl (C=O) groups excluding carboxylic acids is 3. The second-order valence-corrected chi connectivity index (χ2v) is 6.48. The first-order valence-corrected chi connectivity index (χ1v) is 7.66. The summed E-state index contributed by atoms with van der Waals surface area (Å²) in [7, 11) is 0. The molecule has 3 amide bonds. The van der Waals surface area contributed by atoms with Crippen LogP contribution in [-0.4, -0.2) is 37.4 Å². The van der Waals surface area contributed by atoms with E-state index in [9.17, 15) is 14.4 Å². The molecule has 0 saturated carbocycles. The van der Waals surface area contributed by atoms with E-state index in [1.807, 2.05) is 0 Å². The molecule has 1 rings (SSSR count). The number of halogens is 1. The Bertz CT molecular complexity index is 565. The molecule has 6 nitrogen and oxygen atoms in total. The molecule has 7 heteroatoms. The Balaban J connectivity index is 2.21. The van der Waals surface area contributed by atoms with Crippen LogP contribution in [0.25, 0.3) is 0 Å². The fraction of sp³-hybridized carbons (Fsp3) is 0.438. The molecule has 0 aromatic heterocycles. The van der Waals surface area contributed by atoms with Crippen LogP contribution in [0.2, 0.25) is 5.02 Å². The summed E-state index contributed by atoms with van der Waals surface area (Å²) in [5.74, 6) is -0.732. The smallest absolute Gasteiger partial charge is 0.251 e. The SMILES string of the molecule is CC(C)(C)C(=O)NCC(=O)NCCNC(=O)c1ccc(Cl)cc1. The first-order valence-electron chi connectivity index (χ1n) is 7.29. The van der Waals surface area contributed by atoms with E-state index in [1.165, 1.54) is 0 Å². The third kappa shape index (κ3) is 7.15. The molecule has 0 fully saturated rings. The van der Waals surface area contributed by atoms with Crippen LogP contribution in [0.1, 0.15) is 31.1 Å². The highest BCUT2D eigenvalue weighted by atomic mass is 35.5. The van der Waals surface area contributed by atoms with Gasteiger partial charge in [-0.1, -0.05) is 32.4 Å². The van der Waals surface area contributed by atoms with Crippen molar-refractivity contribution in [1.29, 1.82) is 0 Å². The molecule has 0 radical (unpaired) electrons. The topological polar surface area (TPSA) is 87.3 Å². The second kappa shape index (κ2) is 8.53. The molecule has 1 aromatic carbocycles. The monoisotopic (exact) mass is 339 g/mol. The van der Waals surface area contributed by atoms with Gasteiger partial charge in [-0.05, 0) is 24.3 Å². The van der Waals surface area contributed by atoms with Crippen molar-refractivity contribution in [2.45, 2.75) is 20.8 Å². The standard InChI is InChI=1S/C16H22ClN3O3/c1-16(2,3)15(23)20-10-13(21)18-8-9-19-14(22)11-4-6-12(17)7-5-11/h4-7H,8-10H2,1-3H3,(H,18,21)(H,19,22)(H,20,23). The molecule has 126 valence electrons. The molecule has 0 aliphatic rings. The van der Waals surface area contributed by atoms with Crippen molar-refractivity contribution in [3.05, 3.63) is 34.9 Å². The maximum atomic E-state index is 11.8. The van der Waals surface area contributed by atoms with Gasteiger partial charge in [0, 0.05) is 29.1 Å². The highest BCUT2D eigenvalue weighted by molar-refractivity contribution is 6.30. The van der Waals surface area contributed by atoms with Crippen molar-refractivity contribution in [2.24, 2.45) is 5.41 Å². The van der Waals surface area contributed by atoms with Crippen LogP contribution in [-0.2, 0) is 9.59 Å². The van der Waals surface area contributed by atoms with Crippen molar-refractivity contribution in [3.8, 4) is 0 Å². The summed E-state index contributed by atoms with van der Waals surface area (Å²) in [5, 5.41) is 8.41. The number of amides is 3. The summed E-state index contributed by atoms with van der Waals surface area (Å²) >= 11 is 5.75. The minimum absolute atomic E-state index is 0.0821. The molecule has 0 unspecified atom stereocenters. The average molecular weight is 340 g/mol. The Labute approximate surface area is 141 Å². The van der Waals surface area contributed by atoms with Crippen molar-refractivity contribution < 1.29 is 14.4 Å². The molecule has 0 aliphatic heterocycles. The predicted molar refractivity (Wildman–Crippen MR) is 89.3 cm³/mol. The summed E-state index contributed by atoms with van der Waals surface area (Å²) in [6, 6.07) is 6.52. The average Bonchev–Trinajstić information content (AvgIpc) is 2.48. The summed E-state index contributed by atoms with van der Waals surface area (Å²) in [5.41, 5.74) is -0.0366. The molecule has 0 saturated heterocycles. The van der Waals surface area contributed by atoms with E-state index in [1.54, 1.807) is 45.0 Å². The van der Waals surface area contributed by atoms with Crippen LogP contribution in [0.5, 0.6) is 0 Å². The number of hydrogen-bond donors (Lipinski definition) is 3. The Morgan fingerprint density at radius 2 is 1.52 bits per heavy atom. The molecular weight excluding hydrogens is 318 g/mol. The lowest BCUT2D eigenvalue weighted by molar-refractivity contribution is -0.131. The molecule has 0 atom stereocenters. The Hall–Kier alpha value is -2.08. The van der Waals surface area contributed by atoms with E-state index in [-0.39, 0.29) is 30.8 Å². The van der Waals surface area contributed by atoms with Crippen LogP contribution in [0, 0.1) is 5.41 Å². The minimum Gasteiger partial charge on any atom is -0.353 e. The van der Waals surface area contributed by atoms with Gasteiger partial charge < -0.3 is 16.0 Å². The quantitative estimate of drug-likeness (QED) is 0.684. The van der Waals surface area contributed by atoms with Crippen LogP contribution >= 0.6 is 11.6 Å². The third-order valence-corrected chi connectivity index (χ3v) is 3.18. The lowest BCUT2D eigenvalue weighted by Crippen LogP contribution is -2.43. The highest BCUT2D eigenvalue weighted by Gasteiger charge is 2.21. The van der Waals surface area contributed by atoms with E-state index in [2.05, 4.69) is 16.0 Å². The van der Waals surface area contributed by atoms with Gasteiger partial charge in [0.2, 0.25) is 11.8 Å². The van der Waals surface area contributed by atoms with Crippen LogP contribution in [0.4, 0.5) is 0 Å². The molecule has 1 aromatic rings. The Morgan fingerprint density at radius 3 is 2.09 bits per heavy atom. The van der Waals surface area contributed by atoms with E-state index >= 15 is 0 Å². The number of nitrogens with one attached hydrogen (secondary N) is 3. The molecule has 0 spiro atoms. The lowest BCUT2D eigenvalue weighted by Gasteiger charge is -2.17. The van der Waals surface area contributed by atoms with E-state index in [4.69, 9.17) is 11.6 Å². The summed E-state index contributed by atoms with van der Waals surface area (Å²) in [4.78, 5) is 35.0. The zero-order valence-electron chi connectivity index (χ0n) is 13.5. The van der Waals surface area contributed by atoms with Crippen molar-refractivity contribution >= 4 is 29.3 Å². The van der Waals surface area contributed by atoms with E-state index in [0.717, 1.165) is 0 Å². The largest absolute Gasteiger partial charge is 0.353 e. The molecule has 0 bridgehead atoms. The van der Waals surface area contributed by atoms with Gasteiger partial charge in [0.05, 0.1) is 6.54 Å². The van der Waals surface area contributed by atoms with E-state index in [0.29, 0.717) is 17.1 Å². The van der Waals surface area contributed by atoms with Gasteiger partial charge in [-0.25, -0.2) is 0 Å². The van der Waals surface area contributed by atoms with Gasteiger partial charge in [0.25, 0.3) is 5.91 Å². The molecule has 3 N–H and O–H groups in total. The fourth-order valence-corrected chi connectivity index (χ4v) is 1.70. The second-order valence-electron chi connectivity index (χ2n) is 6.05. The van der Waals surface area contributed by atoms with Gasteiger partial charge in [-0.3, -0.25) is 14.4 Å². The normalized spacial score (nSPS) is 10.8. The number of rotatable bonds is 6. The summed E-state index contributed by atoms with van der Waals surface area (Å²) < 4.78 is 0. The number of benzene rings is 1. The maximum absolute atomic E-state index is 11.8. The molecule has 0 aliphatic carbocycles. The molecule has 0 heterocycles. The van der Waals surface area contributed by atoms with Crippen LogP contribution in [0.3, 0.4) is 0 Å². The van der Waals surface area contributed by atoms with Gasteiger partial charge in [-0.2, -0.15) is 0 Å². The van der Waals surface area contributed by atoms with Crippen molar-refractivity contribution in [1.82, 2.24) is 16.0 Å². The Morgan fingerprint density at radius 1 is 0.957 bits per heavy atom. The highest BCUT2D eigenvalue weighted by Crippen LogP contribution is 2.11. The zero-order chi connectivity index (χ0) is 17.5. The molecule has 23 heavy (non-hydrogen) atoms. The summed E-state index contributed by atoms with van der Waals surface area (Å²) in [6.45, 7) is 5.80. The zero-order valence-corrected chi connectivity index (χ0v) is 14.3. The third-order valence-electron chi connectivity index (χ3n) is 2.93. The minimum atomic E-state index is -0.535. The number of carbonyl (C=O) groups is 3. The maximum Gasteiger partial charge on any atom is 0.251 e. The van der Waals surface area contributed by atoms with Gasteiger partial charge in [0.15, 0.2) is 0 Å². The first kappa shape index (κ1) is 19.0. The van der Waals surface area contributed by atoms with Crippen LogP contribution in [0.15, 0.2) is 24.3 Å². The van der Waals surface area contributed by atoms with Gasteiger partial charge in [-0.15, -0.1) is 0 Å². The van der Waals surface area contributed by atoms with Gasteiger partial charge in [0.1, 0.15) is 0 Å². The van der Waals surface area contributed by atoms with Crippen molar-refractivity contribution in [2.75, 3.05) is 19.6 Å². The Kier molecular flexibility index (Phi) is 7.03. The summed E-state index contributed by atoms with van der Waals surface area (Å²) in [6.07, 6.45) is 0. The fourth-order valence-electron chi connectivity index (χ4n) is 1.57. The van der Waals surface area contributed by atoms with Crippen molar-refractivity contribution in [3.63, 3.8) is 0 Å².